The number of carbonyl (C=O) groups is 2. The summed E-state index contributed by atoms with van der Waals surface area (Å²) in [7, 11) is 1.66. The summed E-state index contributed by atoms with van der Waals surface area (Å²) in [4.78, 5) is 30.0. The summed E-state index contributed by atoms with van der Waals surface area (Å²) in [5, 5.41) is 4.09. The molecule has 6 heteroatoms. The zero-order valence-electron chi connectivity index (χ0n) is 16.6. The predicted molar refractivity (Wildman–Crippen MR) is 116 cm³/mol. The molecule has 29 heavy (non-hydrogen) atoms. The van der Waals surface area contributed by atoms with E-state index in [1.807, 2.05) is 64.6 Å². The molecule has 0 unspecified atom stereocenters. The molecular formula is C23H24N2O3S. The van der Waals surface area contributed by atoms with Crippen LogP contribution in [0.2, 0.25) is 0 Å². The van der Waals surface area contributed by atoms with Crippen molar-refractivity contribution in [3.8, 4) is 5.75 Å². The van der Waals surface area contributed by atoms with Gasteiger partial charge in [-0.15, -0.1) is 11.3 Å². The average molecular weight is 409 g/mol. The maximum absolute atomic E-state index is 13.0. The van der Waals surface area contributed by atoms with Gasteiger partial charge in [-0.1, -0.05) is 30.3 Å². The van der Waals surface area contributed by atoms with E-state index in [1.165, 1.54) is 11.3 Å². The third-order valence-electron chi connectivity index (χ3n) is 5.55. The molecule has 150 valence electrons. The van der Waals surface area contributed by atoms with Crippen molar-refractivity contribution in [1.82, 2.24) is 9.80 Å². The van der Waals surface area contributed by atoms with Gasteiger partial charge in [-0.3, -0.25) is 9.59 Å². The Balaban J connectivity index is 1.42. The fourth-order valence-electron chi connectivity index (χ4n) is 3.74. The van der Waals surface area contributed by atoms with Crippen molar-refractivity contribution in [2.24, 2.45) is 0 Å². The topological polar surface area (TPSA) is 49.9 Å². The van der Waals surface area contributed by atoms with Gasteiger partial charge >= 0.3 is 0 Å². The number of fused-ring (bicyclic) bond motifs is 1. The molecule has 3 aromatic rings. The largest absolute Gasteiger partial charge is 0.497 e. The summed E-state index contributed by atoms with van der Waals surface area (Å²) >= 11 is 1.46. The fraction of sp³-hybridized carbons (Fsp3) is 0.304. The number of carbonyl (C=O) groups excluding carboxylic acids is 2. The number of piperazine rings is 1. The van der Waals surface area contributed by atoms with Crippen LogP contribution in [0.25, 0.3) is 10.8 Å². The molecular weight excluding hydrogens is 384 g/mol. The third kappa shape index (κ3) is 3.98. The van der Waals surface area contributed by atoms with Gasteiger partial charge in [0.2, 0.25) is 5.91 Å². The third-order valence-corrected chi connectivity index (χ3v) is 6.41. The minimum absolute atomic E-state index is 0.0603. The van der Waals surface area contributed by atoms with Crippen molar-refractivity contribution in [3.05, 3.63) is 64.4 Å². The van der Waals surface area contributed by atoms with Crippen LogP contribution in [0.15, 0.2) is 53.9 Å². The molecule has 0 aliphatic carbocycles. The highest BCUT2D eigenvalue weighted by molar-refractivity contribution is 7.12. The lowest BCUT2D eigenvalue weighted by atomic mass is 9.96. The number of hydrogen-bond donors (Lipinski definition) is 0. The molecule has 1 aliphatic rings. The average Bonchev–Trinajstić information content (AvgIpc) is 3.32. The molecule has 0 spiro atoms. The van der Waals surface area contributed by atoms with Crippen molar-refractivity contribution in [2.75, 3.05) is 33.3 Å². The summed E-state index contributed by atoms with van der Waals surface area (Å²) in [6.07, 6.45) is 0. The summed E-state index contributed by atoms with van der Waals surface area (Å²) in [6.45, 7) is 4.26. The molecule has 1 saturated heterocycles. The van der Waals surface area contributed by atoms with Gasteiger partial charge in [-0.25, -0.2) is 0 Å². The van der Waals surface area contributed by atoms with Gasteiger partial charge in [0.1, 0.15) is 5.75 Å². The maximum atomic E-state index is 13.0. The fourth-order valence-corrected chi connectivity index (χ4v) is 4.43. The number of nitrogens with zero attached hydrogens (tertiary/aromatic N) is 2. The minimum Gasteiger partial charge on any atom is -0.497 e. The molecule has 2 aromatic carbocycles. The van der Waals surface area contributed by atoms with E-state index in [0.717, 1.165) is 27.0 Å². The molecule has 1 fully saturated rings. The highest BCUT2D eigenvalue weighted by Gasteiger charge is 2.28. The van der Waals surface area contributed by atoms with Gasteiger partial charge < -0.3 is 14.5 Å². The van der Waals surface area contributed by atoms with Crippen LogP contribution in [-0.4, -0.2) is 54.9 Å². The normalized spacial score (nSPS) is 15.4. The van der Waals surface area contributed by atoms with Gasteiger partial charge in [-0.2, -0.15) is 0 Å². The van der Waals surface area contributed by atoms with Crippen LogP contribution in [0.4, 0.5) is 0 Å². The van der Waals surface area contributed by atoms with E-state index in [-0.39, 0.29) is 17.7 Å². The number of amides is 2. The number of methoxy groups -OCH3 is 1. The van der Waals surface area contributed by atoms with Crippen molar-refractivity contribution in [3.63, 3.8) is 0 Å². The Hall–Kier alpha value is -2.86. The van der Waals surface area contributed by atoms with Gasteiger partial charge in [0, 0.05) is 26.2 Å². The smallest absolute Gasteiger partial charge is 0.264 e. The minimum atomic E-state index is -0.221. The monoisotopic (exact) mass is 408 g/mol. The van der Waals surface area contributed by atoms with Gasteiger partial charge in [0.05, 0.1) is 17.9 Å². The number of hydrogen-bond acceptors (Lipinski definition) is 4. The van der Waals surface area contributed by atoms with Crippen molar-refractivity contribution < 1.29 is 14.3 Å². The Labute approximate surface area is 174 Å². The lowest BCUT2D eigenvalue weighted by Gasteiger charge is -2.36. The quantitative estimate of drug-likeness (QED) is 0.656. The van der Waals surface area contributed by atoms with E-state index >= 15 is 0 Å². The second kappa shape index (κ2) is 8.25. The van der Waals surface area contributed by atoms with Crippen LogP contribution >= 0.6 is 11.3 Å². The van der Waals surface area contributed by atoms with Crippen molar-refractivity contribution in [1.29, 1.82) is 0 Å². The van der Waals surface area contributed by atoms with Crippen LogP contribution in [0.3, 0.4) is 0 Å². The van der Waals surface area contributed by atoms with Crippen LogP contribution in [0, 0.1) is 0 Å². The predicted octanol–water partition coefficient (Wildman–Crippen LogP) is 4.00. The molecule has 2 heterocycles. The first-order chi connectivity index (χ1) is 14.1. The number of benzene rings is 2. The Bertz CT molecular complexity index is 1020. The molecule has 0 N–H and O–H groups in total. The number of ether oxygens (including phenoxy) is 1. The van der Waals surface area contributed by atoms with Gasteiger partial charge in [-0.05, 0) is 46.8 Å². The SMILES string of the molecule is COc1ccc2cc([C@H](C)C(=O)N3CCN(C(=O)c4cccs4)CC3)ccc2c1. The first-order valence-electron chi connectivity index (χ1n) is 9.76. The van der Waals surface area contributed by atoms with Crippen molar-refractivity contribution >= 4 is 33.9 Å². The van der Waals surface area contributed by atoms with E-state index in [4.69, 9.17) is 4.74 Å². The molecule has 1 aliphatic heterocycles. The zero-order valence-corrected chi connectivity index (χ0v) is 17.4. The zero-order chi connectivity index (χ0) is 20.4. The number of thiophene rings is 1. The van der Waals surface area contributed by atoms with Crippen LogP contribution in [0.1, 0.15) is 28.1 Å². The van der Waals surface area contributed by atoms with Crippen LogP contribution < -0.4 is 4.74 Å². The lowest BCUT2D eigenvalue weighted by molar-refractivity contribution is -0.133. The van der Waals surface area contributed by atoms with E-state index in [0.29, 0.717) is 26.2 Å². The Kier molecular flexibility index (Phi) is 5.53. The van der Waals surface area contributed by atoms with Gasteiger partial charge in [0.25, 0.3) is 5.91 Å². The van der Waals surface area contributed by atoms with Crippen LogP contribution in [-0.2, 0) is 4.79 Å². The van der Waals surface area contributed by atoms with E-state index in [2.05, 4.69) is 6.07 Å². The highest BCUT2D eigenvalue weighted by atomic mass is 32.1. The lowest BCUT2D eigenvalue weighted by Crippen LogP contribution is -2.51. The maximum Gasteiger partial charge on any atom is 0.264 e. The Morgan fingerprint density at radius 2 is 1.66 bits per heavy atom. The molecule has 0 radical (unpaired) electrons. The standard InChI is InChI=1S/C23H24N2O3S/c1-16(17-5-6-19-15-20(28-2)8-7-18(19)14-17)22(26)24-9-11-25(12-10-24)23(27)21-4-3-13-29-21/h3-8,13-16H,9-12H2,1-2H3/t16-/m0/s1. The van der Waals surface area contributed by atoms with Gasteiger partial charge in [0.15, 0.2) is 0 Å². The van der Waals surface area contributed by atoms with Crippen molar-refractivity contribution in [2.45, 2.75) is 12.8 Å². The van der Waals surface area contributed by atoms with Crippen LogP contribution in [0.5, 0.6) is 5.75 Å². The van der Waals surface area contributed by atoms with E-state index < -0.39 is 0 Å². The molecule has 1 atom stereocenters. The molecule has 0 bridgehead atoms. The summed E-state index contributed by atoms with van der Waals surface area (Å²) in [5.74, 6) is 0.775. The molecule has 4 rings (SSSR count). The molecule has 2 amide bonds. The van der Waals surface area contributed by atoms with E-state index in [1.54, 1.807) is 7.11 Å². The first-order valence-corrected chi connectivity index (χ1v) is 10.6. The molecule has 5 nitrogen and oxygen atoms in total. The summed E-state index contributed by atoms with van der Waals surface area (Å²) < 4.78 is 5.28. The summed E-state index contributed by atoms with van der Waals surface area (Å²) in [5.41, 5.74) is 1.00. The molecule has 0 saturated carbocycles. The van der Waals surface area contributed by atoms with E-state index in [9.17, 15) is 9.59 Å². The Morgan fingerprint density at radius 3 is 2.34 bits per heavy atom. The first kappa shape index (κ1) is 19.5. The second-order valence-electron chi connectivity index (χ2n) is 7.29. The molecule has 1 aromatic heterocycles. The Morgan fingerprint density at radius 1 is 0.966 bits per heavy atom. The summed E-state index contributed by atoms with van der Waals surface area (Å²) in [6, 6.07) is 15.8. The number of rotatable bonds is 4. The second-order valence-corrected chi connectivity index (χ2v) is 8.24. The highest BCUT2D eigenvalue weighted by Crippen LogP contribution is 2.26.